The first-order valence-electron chi connectivity index (χ1n) is 9.26. The largest absolute Gasteiger partial charge is 0.318 e. The summed E-state index contributed by atoms with van der Waals surface area (Å²) in [6.07, 6.45) is 1.70. The minimum Gasteiger partial charge on any atom is -0.318 e. The summed E-state index contributed by atoms with van der Waals surface area (Å²) < 4.78 is 5.40. The number of benzene rings is 2. The van der Waals surface area contributed by atoms with Crippen LogP contribution in [0.1, 0.15) is 17.0 Å². The lowest BCUT2D eigenvalue weighted by Crippen LogP contribution is -2.19. The number of hydrazone groups is 1. The summed E-state index contributed by atoms with van der Waals surface area (Å²) >= 11 is 5.32. The van der Waals surface area contributed by atoms with Crippen LogP contribution in [0.2, 0.25) is 0 Å². The van der Waals surface area contributed by atoms with Crippen molar-refractivity contribution in [1.29, 1.82) is 0 Å². The molecule has 4 aromatic rings. The molecule has 0 aliphatic carbocycles. The highest BCUT2D eigenvalue weighted by molar-refractivity contribution is 14.1. The third-order valence-electron chi connectivity index (χ3n) is 4.55. The fourth-order valence-electron chi connectivity index (χ4n) is 3.15. The highest BCUT2D eigenvalue weighted by Crippen LogP contribution is 2.29. The molecule has 0 saturated carbocycles. The topological polar surface area (TPSA) is 59.3 Å². The van der Waals surface area contributed by atoms with Crippen LogP contribution in [0.3, 0.4) is 0 Å². The average molecular weight is 546 g/mol. The van der Waals surface area contributed by atoms with Crippen molar-refractivity contribution in [3.8, 4) is 5.69 Å². The van der Waals surface area contributed by atoms with Crippen molar-refractivity contribution in [2.24, 2.45) is 5.10 Å². The first-order valence-corrected chi connectivity index (χ1v) is 12.1. The number of amides is 1. The van der Waals surface area contributed by atoms with Crippen molar-refractivity contribution in [2.75, 3.05) is 5.75 Å². The smallest absolute Gasteiger partial charge is 0.250 e. The summed E-state index contributed by atoms with van der Waals surface area (Å²) in [4.78, 5) is 16.7. The highest BCUT2D eigenvalue weighted by atomic mass is 127. The number of aryl methyl sites for hydroxylation is 1. The van der Waals surface area contributed by atoms with Gasteiger partial charge in [0.05, 0.1) is 22.2 Å². The van der Waals surface area contributed by atoms with Gasteiger partial charge in [-0.2, -0.15) is 5.10 Å². The Balaban J connectivity index is 1.37. The SMILES string of the molecule is Cc1cc(/C=N/NC(=O)CSc2nc3ccccc3s2)c(C)n1-c1ccc(I)cc1. The maximum Gasteiger partial charge on any atom is 0.250 e. The highest BCUT2D eigenvalue weighted by Gasteiger charge is 2.10. The molecule has 1 amide bonds. The van der Waals surface area contributed by atoms with Gasteiger partial charge in [0.25, 0.3) is 5.91 Å². The van der Waals surface area contributed by atoms with Crippen LogP contribution < -0.4 is 5.43 Å². The predicted octanol–water partition coefficient (Wildman–Crippen LogP) is 5.55. The number of carbonyl (C=O) groups excluding carboxylic acids is 1. The van der Waals surface area contributed by atoms with E-state index < -0.39 is 0 Å². The van der Waals surface area contributed by atoms with Gasteiger partial charge in [0.1, 0.15) is 0 Å². The molecule has 0 radical (unpaired) electrons. The van der Waals surface area contributed by atoms with E-state index in [2.05, 4.69) is 86.8 Å². The van der Waals surface area contributed by atoms with Crippen LogP contribution in [0.5, 0.6) is 0 Å². The fraction of sp³-hybridized carbons (Fsp3) is 0.136. The van der Waals surface area contributed by atoms with Crippen molar-refractivity contribution in [3.63, 3.8) is 0 Å². The monoisotopic (exact) mass is 546 g/mol. The molecule has 5 nitrogen and oxygen atoms in total. The Kier molecular flexibility index (Phi) is 6.55. The molecule has 0 fully saturated rings. The van der Waals surface area contributed by atoms with Crippen molar-refractivity contribution in [1.82, 2.24) is 15.0 Å². The van der Waals surface area contributed by atoms with Gasteiger partial charge in [-0.1, -0.05) is 23.9 Å². The molecule has 0 bridgehead atoms. The molecule has 0 atom stereocenters. The predicted molar refractivity (Wildman–Crippen MR) is 134 cm³/mol. The molecule has 0 aliphatic rings. The van der Waals surface area contributed by atoms with Crippen LogP contribution in [-0.2, 0) is 4.79 Å². The number of nitrogens with one attached hydrogen (secondary N) is 1. The van der Waals surface area contributed by atoms with Gasteiger partial charge in [-0.15, -0.1) is 11.3 Å². The second-order valence-corrected chi connectivity index (χ2v) is 10.2. The van der Waals surface area contributed by atoms with Crippen LogP contribution in [0.15, 0.2) is 64.0 Å². The molecular weight excluding hydrogens is 527 g/mol. The van der Waals surface area contributed by atoms with Crippen molar-refractivity contribution >= 4 is 68.0 Å². The second-order valence-electron chi connectivity index (χ2n) is 6.67. The molecule has 2 aromatic heterocycles. The standard InChI is InChI=1S/C22H19IN4OS2/c1-14-11-16(15(2)27(14)18-9-7-17(23)8-10-18)12-24-26-21(28)13-29-22-25-19-5-3-4-6-20(19)30-22/h3-12H,13H2,1-2H3,(H,26,28)/b24-12+. The number of hydrogen-bond acceptors (Lipinski definition) is 5. The summed E-state index contributed by atoms with van der Waals surface area (Å²) in [6, 6.07) is 18.4. The van der Waals surface area contributed by atoms with Crippen LogP contribution in [0.4, 0.5) is 0 Å². The molecule has 1 N–H and O–H groups in total. The maximum absolute atomic E-state index is 12.2. The number of thioether (sulfide) groups is 1. The molecule has 0 spiro atoms. The molecule has 0 saturated heterocycles. The van der Waals surface area contributed by atoms with Gasteiger partial charge in [-0.05, 0) is 78.9 Å². The van der Waals surface area contributed by atoms with Gasteiger partial charge in [0.15, 0.2) is 4.34 Å². The van der Waals surface area contributed by atoms with E-state index >= 15 is 0 Å². The molecule has 30 heavy (non-hydrogen) atoms. The summed E-state index contributed by atoms with van der Waals surface area (Å²) in [5, 5.41) is 4.15. The number of halogens is 1. The van der Waals surface area contributed by atoms with E-state index in [1.165, 1.54) is 15.3 Å². The molecule has 2 heterocycles. The van der Waals surface area contributed by atoms with Crippen LogP contribution in [0.25, 0.3) is 15.9 Å². The number of thiazole rings is 1. The molecule has 0 unspecified atom stereocenters. The zero-order chi connectivity index (χ0) is 21.1. The van der Waals surface area contributed by atoms with E-state index in [1.54, 1.807) is 17.6 Å². The second kappa shape index (κ2) is 9.32. The van der Waals surface area contributed by atoms with Crippen LogP contribution in [-0.4, -0.2) is 27.4 Å². The Hall–Kier alpha value is -2.17. The van der Waals surface area contributed by atoms with Gasteiger partial charge < -0.3 is 4.57 Å². The van der Waals surface area contributed by atoms with E-state index in [0.717, 1.165) is 37.2 Å². The van der Waals surface area contributed by atoms with Gasteiger partial charge in [-0.25, -0.2) is 10.4 Å². The summed E-state index contributed by atoms with van der Waals surface area (Å²) in [6.45, 7) is 4.12. The lowest BCUT2D eigenvalue weighted by atomic mass is 10.2. The number of hydrogen-bond donors (Lipinski definition) is 1. The van der Waals surface area contributed by atoms with Crippen LogP contribution in [0, 0.1) is 17.4 Å². The maximum atomic E-state index is 12.2. The number of carbonyl (C=O) groups is 1. The number of rotatable bonds is 6. The number of fused-ring (bicyclic) bond motifs is 1. The Morgan fingerprint density at radius 1 is 1.23 bits per heavy atom. The Morgan fingerprint density at radius 3 is 2.77 bits per heavy atom. The number of nitrogens with zero attached hydrogens (tertiary/aromatic N) is 3. The normalized spacial score (nSPS) is 11.4. The lowest BCUT2D eigenvalue weighted by molar-refractivity contribution is -0.118. The van der Waals surface area contributed by atoms with E-state index in [9.17, 15) is 4.79 Å². The van der Waals surface area contributed by atoms with Crippen LogP contribution >= 0.6 is 45.7 Å². The van der Waals surface area contributed by atoms with E-state index in [0.29, 0.717) is 0 Å². The Bertz CT molecular complexity index is 1190. The zero-order valence-corrected chi connectivity index (χ0v) is 20.2. The van der Waals surface area contributed by atoms with Gasteiger partial charge in [-0.3, -0.25) is 4.79 Å². The molecular formula is C22H19IN4OS2. The summed E-state index contributed by atoms with van der Waals surface area (Å²) in [5.74, 6) is 0.126. The quantitative estimate of drug-likeness (QED) is 0.149. The van der Waals surface area contributed by atoms with E-state index in [4.69, 9.17) is 0 Å². The number of para-hydroxylation sites is 1. The molecule has 2 aromatic carbocycles. The Labute approximate surface area is 196 Å². The van der Waals surface area contributed by atoms with Gasteiger partial charge >= 0.3 is 0 Å². The Morgan fingerprint density at radius 2 is 2.00 bits per heavy atom. The first kappa shape index (κ1) is 21.1. The van der Waals surface area contributed by atoms with Crippen molar-refractivity contribution in [2.45, 2.75) is 18.2 Å². The lowest BCUT2D eigenvalue weighted by Gasteiger charge is -2.09. The minimum atomic E-state index is -0.151. The van der Waals surface area contributed by atoms with E-state index in [-0.39, 0.29) is 11.7 Å². The van der Waals surface area contributed by atoms with Crippen molar-refractivity contribution in [3.05, 3.63) is 75.1 Å². The minimum absolute atomic E-state index is 0.151. The molecule has 4 rings (SSSR count). The van der Waals surface area contributed by atoms with E-state index in [1.807, 2.05) is 24.3 Å². The number of aromatic nitrogens is 2. The summed E-state index contributed by atoms with van der Waals surface area (Å²) in [7, 11) is 0. The van der Waals surface area contributed by atoms with Gasteiger partial charge in [0.2, 0.25) is 0 Å². The summed E-state index contributed by atoms with van der Waals surface area (Å²) in [5.41, 5.74) is 7.87. The van der Waals surface area contributed by atoms with Gasteiger partial charge in [0, 0.05) is 26.2 Å². The zero-order valence-electron chi connectivity index (χ0n) is 16.4. The average Bonchev–Trinajstić information content (AvgIpc) is 3.27. The third kappa shape index (κ3) is 4.76. The third-order valence-corrected chi connectivity index (χ3v) is 7.45. The molecule has 0 aliphatic heterocycles. The fourth-order valence-corrected chi connectivity index (χ4v) is 5.37. The first-order chi connectivity index (χ1) is 14.5. The molecule has 152 valence electrons. The molecule has 8 heteroatoms. The van der Waals surface area contributed by atoms with Crippen molar-refractivity contribution < 1.29 is 4.79 Å².